The van der Waals surface area contributed by atoms with E-state index in [1.165, 1.54) is 22.8 Å². The fourth-order valence-electron chi connectivity index (χ4n) is 2.97. The Morgan fingerprint density at radius 1 is 1.24 bits per heavy atom. The number of anilines is 1. The van der Waals surface area contributed by atoms with E-state index in [2.05, 4.69) is 10.5 Å². The second kappa shape index (κ2) is 7.47. The van der Waals surface area contributed by atoms with E-state index in [9.17, 15) is 18.8 Å². The molecule has 0 aliphatic carbocycles. The molecular formula is C19H15FN4O4S. The number of carbonyl (C=O) groups excluding carboxylic acids is 1. The highest BCUT2D eigenvalue weighted by Crippen LogP contribution is 2.16. The third-order valence-electron chi connectivity index (χ3n) is 4.32. The number of rotatable bonds is 5. The van der Waals surface area contributed by atoms with E-state index < -0.39 is 23.0 Å². The molecule has 3 heterocycles. The van der Waals surface area contributed by atoms with Crippen LogP contribution in [0, 0.1) is 12.7 Å². The maximum Gasteiger partial charge on any atom is 0.332 e. The molecule has 3 aromatic heterocycles. The average molecular weight is 414 g/mol. The number of thiophene rings is 1. The Morgan fingerprint density at radius 2 is 2.03 bits per heavy atom. The van der Waals surface area contributed by atoms with Gasteiger partial charge in [0.05, 0.1) is 12.1 Å². The van der Waals surface area contributed by atoms with E-state index in [4.69, 9.17) is 4.52 Å². The van der Waals surface area contributed by atoms with Crippen molar-refractivity contribution in [2.45, 2.75) is 20.0 Å². The second-order valence-corrected chi connectivity index (χ2v) is 7.27. The molecule has 10 heteroatoms. The molecule has 0 bridgehead atoms. The van der Waals surface area contributed by atoms with Gasteiger partial charge in [0, 0.05) is 11.6 Å². The Morgan fingerprint density at radius 3 is 2.76 bits per heavy atom. The third kappa shape index (κ3) is 3.61. The number of amides is 1. The first-order valence-electron chi connectivity index (χ1n) is 8.61. The normalized spacial score (nSPS) is 11.1. The molecular weight excluding hydrogens is 399 g/mol. The maximum absolute atomic E-state index is 14.0. The van der Waals surface area contributed by atoms with Crippen LogP contribution in [0.25, 0.3) is 10.2 Å². The molecule has 0 saturated carbocycles. The Bertz CT molecular complexity index is 1330. The van der Waals surface area contributed by atoms with Gasteiger partial charge >= 0.3 is 5.69 Å². The van der Waals surface area contributed by atoms with E-state index in [0.717, 1.165) is 15.9 Å². The zero-order chi connectivity index (χ0) is 20.5. The molecule has 0 aliphatic rings. The molecule has 148 valence electrons. The molecule has 1 N–H and O–H groups in total. The first-order chi connectivity index (χ1) is 13.9. The fourth-order valence-corrected chi connectivity index (χ4v) is 3.82. The third-order valence-corrected chi connectivity index (χ3v) is 5.21. The van der Waals surface area contributed by atoms with Gasteiger partial charge in [-0.25, -0.2) is 9.18 Å². The quantitative estimate of drug-likeness (QED) is 0.540. The zero-order valence-corrected chi connectivity index (χ0v) is 16.0. The van der Waals surface area contributed by atoms with Gasteiger partial charge in [0.2, 0.25) is 5.91 Å². The number of benzene rings is 1. The van der Waals surface area contributed by atoms with Gasteiger partial charge in [-0.1, -0.05) is 23.4 Å². The Hall–Kier alpha value is -3.53. The highest BCUT2D eigenvalue weighted by Gasteiger charge is 2.18. The van der Waals surface area contributed by atoms with Crippen molar-refractivity contribution < 1.29 is 13.7 Å². The van der Waals surface area contributed by atoms with Gasteiger partial charge in [0.15, 0.2) is 5.82 Å². The lowest BCUT2D eigenvalue weighted by Gasteiger charge is -2.12. The molecule has 0 aliphatic heterocycles. The second-order valence-electron chi connectivity index (χ2n) is 6.36. The van der Waals surface area contributed by atoms with E-state index in [1.807, 2.05) is 0 Å². The summed E-state index contributed by atoms with van der Waals surface area (Å²) in [6.07, 6.45) is 0. The maximum atomic E-state index is 14.0. The SMILES string of the molecule is Cc1cc(NC(=O)Cn2c(=O)n(Cc3ccccc3F)c(=O)c3sccc32)no1. The van der Waals surface area contributed by atoms with Crippen LogP contribution in [0.1, 0.15) is 11.3 Å². The summed E-state index contributed by atoms with van der Waals surface area (Å²) >= 11 is 1.15. The van der Waals surface area contributed by atoms with Gasteiger partial charge in [0.25, 0.3) is 5.56 Å². The molecule has 0 saturated heterocycles. The van der Waals surface area contributed by atoms with Crippen molar-refractivity contribution >= 4 is 33.3 Å². The van der Waals surface area contributed by atoms with Gasteiger partial charge in [-0.2, -0.15) is 0 Å². The van der Waals surface area contributed by atoms with Crippen molar-refractivity contribution in [2.24, 2.45) is 0 Å². The van der Waals surface area contributed by atoms with Gasteiger partial charge in [0.1, 0.15) is 22.8 Å². The van der Waals surface area contributed by atoms with Crippen LogP contribution in [0.5, 0.6) is 0 Å². The minimum Gasteiger partial charge on any atom is -0.360 e. The van der Waals surface area contributed by atoms with Crippen molar-refractivity contribution in [2.75, 3.05) is 5.32 Å². The van der Waals surface area contributed by atoms with Crippen LogP contribution >= 0.6 is 11.3 Å². The van der Waals surface area contributed by atoms with Crippen molar-refractivity contribution in [3.8, 4) is 0 Å². The summed E-state index contributed by atoms with van der Waals surface area (Å²) in [5.74, 6) is -0.280. The minimum atomic E-state index is -0.698. The number of nitrogens with one attached hydrogen (secondary N) is 1. The van der Waals surface area contributed by atoms with Gasteiger partial charge in [-0.15, -0.1) is 11.3 Å². The topological polar surface area (TPSA) is 99.1 Å². The van der Waals surface area contributed by atoms with Gasteiger partial charge in [-0.3, -0.25) is 18.7 Å². The lowest BCUT2D eigenvalue weighted by atomic mass is 10.2. The van der Waals surface area contributed by atoms with Crippen molar-refractivity contribution in [1.29, 1.82) is 0 Å². The molecule has 4 rings (SSSR count). The van der Waals surface area contributed by atoms with Crippen molar-refractivity contribution in [1.82, 2.24) is 14.3 Å². The van der Waals surface area contributed by atoms with E-state index >= 15 is 0 Å². The summed E-state index contributed by atoms with van der Waals surface area (Å²) in [5, 5.41) is 7.88. The highest BCUT2D eigenvalue weighted by atomic mass is 32.1. The summed E-state index contributed by atoms with van der Waals surface area (Å²) in [7, 11) is 0. The van der Waals surface area contributed by atoms with Crippen molar-refractivity contribution in [3.63, 3.8) is 0 Å². The molecule has 4 aromatic rings. The van der Waals surface area contributed by atoms with Crippen LogP contribution < -0.4 is 16.6 Å². The molecule has 29 heavy (non-hydrogen) atoms. The monoisotopic (exact) mass is 414 g/mol. The summed E-state index contributed by atoms with van der Waals surface area (Å²) in [6.45, 7) is 1.11. The lowest BCUT2D eigenvalue weighted by molar-refractivity contribution is -0.116. The van der Waals surface area contributed by atoms with E-state index in [0.29, 0.717) is 16.0 Å². The summed E-state index contributed by atoms with van der Waals surface area (Å²) in [6, 6.07) is 9.06. The summed E-state index contributed by atoms with van der Waals surface area (Å²) in [4.78, 5) is 38.2. The van der Waals surface area contributed by atoms with Crippen LogP contribution in [0.3, 0.4) is 0 Å². The molecule has 1 aromatic carbocycles. The number of halogens is 1. The first-order valence-corrected chi connectivity index (χ1v) is 9.49. The Labute approximate surface area is 166 Å². The Balaban J connectivity index is 1.74. The molecule has 0 atom stereocenters. The highest BCUT2D eigenvalue weighted by molar-refractivity contribution is 7.17. The number of aromatic nitrogens is 3. The molecule has 8 nitrogen and oxygen atoms in total. The fraction of sp³-hybridized carbons (Fsp3) is 0.158. The predicted molar refractivity (Wildman–Crippen MR) is 106 cm³/mol. The van der Waals surface area contributed by atoms with Crippen LogP contribution in [-0.4, -0.2) is 20.2 Å². The first kappa shape index (κ1) is 18.8. The number of hydrogen-bond acceptors (Lipinski definition) is 6. The molecule has 0 radical (unpaired) electrons. The summed E-state index contributed by atoms with van der Waals surface area (Å²) in [5.41, 5.74) is -0.666. The standard InChI is InChI=1S/C19H15FN4O4S/c1-11-8-15(22-28-11)21-16(25)10-23-14-6-7-29-17(14)18(26)24(19(23)27)9-12-4-2-3-5-13(12)20/h2-8H,9-10H2,1H3,(H,21,22,25). The smallest absolute Gasteiger partial charge is 0.332 e. The van der Waals surface area contributed by atoms with Crippen LogP contribution in [0.15, 0.2) is 55.9 Å². The van der Waals surface area contributed by atoms with Crippen LogP contribution in [-0.2, 0) is 17.9 Å². The number of fused-ring (bicyclic) bond motifs is 1. The minimum absolute atomic E-state index is 0.205. The van der Waals surface area contributed by atoms with Gasteiger partial charge < -0.3 is 9.84 Å². The summed E-state index contributed by atoms with van der Waals surface area (Å²) < 4.78 is 21.4. The zero-order valence-electron chi connectivity index (χ0n) is 15.2. The number of aryl methyl sites for hydroxylation is 1. The number of carbonyl (C=O) groups is 1. The molecule has 1 amide bonds. The van der Waals surface area contributed by atoms with Gasteiger partial charge in [-0.05, 0) is 24.4 Å². The lowest BCUT2D eigenvalue weighted by Crippen LogP contribution is -2.41. The number of hydrogen-bond donors (Lipinski definition) is 1. The molecule has 0 spiro atoms. The van der Waals surface area contributed by atoms with E-state index in [1.54, 1.807) is 30.5 Å². The molecule has 0 fully saturated rings. The predicted octanol–water partition coefficient (Wildman–Crippen LogP) is 2.35. The van der Waals surface area contributed by atoms with Crippen molar-refractivity contribution in [3.05, 3.63) is 79.8 Å². The number of nitrogens with zero attached hydrogens (tertiary/aromatic N) is 3. The van der Waals surface area contributed by atoms with Crippen LogP contribution in [0.4, 0.5) is 10.2 Å². The largest absolute Gasteiger partial charge is 0.360 e. The average Bonchev–Trinajstić information content (AvgIpc) is 3.33. The molecule has 0 unspecified atom stereocenters. The Kier molecular flexibility index (Phi) is 4.85. The van der Waals surface area contributed by atoms with Crippen LogP contribution in [0.2, 0.25) is 0 Å². The van der Waals surface area contributed by atoms with E-state index in [-0.39, 0.29) is 24.5 Å².